The van der Waals surface area contributed by atoms with E-state index in [9.17, 15) is 0 Å². The van der Waals surface area contributed by atoms with Crippen LogP contribution in [-0.4, -0.2) is 15.0 Å². The lowest BCUT2D eigenvalue weighted by Crippen LogP contribution is -2.19. The fourth-order valence-electron chi connectivity index (χ4n) is 1.68. The minimum Gasteiger partial charge on any atom is -0.304 e. The normalized spacial score (nSPS) is 12.6. The number of nitrogens with zero attached hydrogens (tertiary/aromatic N) is 3. The second kappa shape index (κ2) is 5.33. The van der Waals surface area contributed by atoms with Crippen molar-refractivity contribution in [2.24, 2.45) is 0 Å². The van der Waals surface area contributed by atoms with E-state index < -0.39 is 0 Å². The maximum Gasteiger partial charge on any atom is 0.0897 e. The van der Waals surface area contributed by atoms with Crippen LogP contribution >= 0.6 is 11.3 Å². The molecule has 0 radical (unpaired) electrons. The summed E-state index contributed by atoms with van der Waals surface area (Å²) in [5.74, 6) is 0. The summed E-state index contributed by atoms with van der Waals surface area (Å²) in [6.07, 6.45) is 5.37. The molecule has 2 heterocycles. The molecule has 0 bridgehead atoms. The highest BCUT2D eigenvalue weighted by Gasteiger charge is 2.10. The largest absolute Gasteiger partial charge is 0.304 e. The Kier molecular flexibility index (Phi) is 3.81. The zero-order valence-electron chi connectivity index (χ0n) is 10.3. The molecular weight excluding hydrogens is 232 g/mol. The first-order valence-corrected chi connectivity index (χ1v) is 6.40. The second-order valence-corrected chi connectivity index (χ2v) is 5.29. The van der Waals surface area contributed by atoms with Crippen LogP contribution in [0.3, 0.4) is 0 Å². The molecule has 0 aromatic carbocycles. The highest BCUT2D eigenvalue weighted by molar-refractivity contribution is 7.11. The van der Waals surface area contributed by atoms with Gasteiger partial charge in [-0.2, -0.15) is 0 Å². The number of thiazole rings is 1. The molecule has 0 spiro atoms. The summed E-state index contributed by atoms with van der Waals surface area (Å²) in [6, 6.07) is 0.200. The number of rotatable bonds is 4. The monoisotopic (exact) mass is 248 g/mol. The first-order valence-electron chi connectivity index (χ1n) is 5.59. The van der Waals surface area contributed by atoms with Crippen molar-refractivity contribution in [3.8, 4) is 0 Å². The van der Waals surface area contributed by atoms with Crippen LogP contribution in [-0.2, 0) is 6.54 Å². The molecule has 1 atom stereocenters. The van der Waals surface area contributed by atoms with Gasteiger partial charge in [-0.15, -0.1) is 11.3 Å². The van der Waals surface area contributed by atoms with Gasteiger partial charge in [-0.3, -0.25) is 9.97 Å². The molecule has 0 fully saturated rings. The molecule has 0 amide bonds. The van der Waals surface area contributed by atoms with E-state index in [0.717, 1.165) is 22.9 Å². The lowest BCUT2D eigenvalue weighted by Gasteiger charge is -2.13. The second-order valence-electron chi connectivity index (χ2n) is 3.98. The van der Waals surface area contributed by atoms with Gasteiger partial charge in [0.25, 0.3) is 0 Å². The highest BCUT2D eigenvalue weighted by atomic mass is 32.1. The molecule has 2 rings (SSSR count). The van der Waals surface area contributed by atoms with Crippen LogP contribution in [0, 0.1) is 13.8 Å². The smallest absolute Gasteiger partial charge is 0.0897 e. The van der Waals surface area contributed by atoms with E-state index in [-0.39, 0.29) is 6.04 Å². The Bertz CT molecular complexity index is 495. The van der Waals surface area contributed by atoms with Crippen molar-refractivity contribution in [1.29, 1.82) is 0 Å². The Morgan fingerprint density at radius 2 is 2.00 bits per heavy atom. The average Bonchev–Trinajstić information content (AvgIpc) is 2.73. The average molecular weight is 248 g/mol. The summed E-state index contributed by atoms with van der Waals surface area (Å²) < 4.78 is 0. The van der Waals surface area contributed by atoms with E-state index in [0.29, 0.717) is 0 Å². The predicted molar refractivity (Wildman–Crippen MR) is 68.9 cm³/mol. The van der Waals surface area contributed by atoms with Crippen molar-refractivity contribution in [2.75, 3.05) is 0 Å². The third-order valence-corrected chi connectivity index (χ3v) is 3.49. The fourth-order valence-corrected chi connectivity index (χ4v) is 2.43. The summed E-state index contributed by atoms with van der Waals surface area (Å²) in [7, 11) is 0. The minimum atomic E-state index is 0.200. The molecule has 0 saturated carbocycles. The van der Waals surface area contributed by atoms with E-state index in [1.165, 1.54) is 4.88 Å². The Hall–Kier alpha value is -1.33. The molecule has 5 heteroatoms. The van der Waals surface area contributed by atoms with Gasteiger partial charge in [0.1, 0.15) is 0 Å². The number of hydrogen-bond acceptors (Lipinski definition) is 5. The van der Waals surface area contributed by atoms with Crippen LogP contribution in [0.1, 0.15) is 34.2 Å². The molecule has 0 saturated heterocycles. The van der Waals surface area contributed by atoms with Crippen molar-refractivity contribution in [1.82, 2.24) is 20.3 Å². The molecular formula is C12H16N4S. The van der Waals surface area contributed by atoms with Crippen LogP contribution < -0.4 is 5.32 Å². The summed E-state index contributed by atoms with van der Waals surface area (Å²) in [5.41, 5.74) is 1.99. The summed E-state index contributed by atoms with van der Waals surface area (Å²) >= 11 is 1.72. The zero-order chi connectivity index (χ0) is 12.3. The van der Waals surface area contributed by atoms with Gasteiger partial charge in [-0.1, -0.05) is 0 Å². The standard InChI is InChI=1S/C12H16N4S/c1-8-12(14-5-4-13-8)9(2)15-6-11-7-16-10(3)17-11/h4-5,7,9,15H,6H2,1-3H3. The van der Waals surface area contributed by atoms with Crippen LogP contribution in [0.2, 0.25) is 0 Å². The van der Waals surface area contributed by atoms with Gasteiger partial charge in [-0.25, -0.2) is 4.98 Å². The third kappa shape index (κ3) is 3.08. The third-order valence-electron chi connectivity index (χ3n) is 2.58. The van der Waals surface area contributed by atoms with Gasteiger partial charge in [0.2, 0.25) is 0 Å². The Morgan fingerprint density at radius 3 is 2.65 bits per heavy atom. The molecule has 0 aliphatic heterocycles. The SMILES string of the molecule is Cc1ncc(CNC(C)c2nccnc2C)s1. The Balaban J connectivity index is 1.98. The van der Waals surface area contributed by atoms with Crippen molar-refractivity contribution in [2.45, 2.75) is 33.4 Å². The first-order chi connectivity index (χ1) is 8.16. The maximum atomic E-state index is 4.36. The van der Waals surface area contributed by atoms with Crippen LogP contribution in [0.5, 0.6) is 0 Å². The lowest BCUT2D eigenvalue weighted by atomic mass is 10.2. The molecule has 4 nitrogen and oxygen atoms in total. The van der Waals surface area contributed by atoms with E-state index in [4.69, 9.17) is 0 Å². The molecule has 2 aromatic rings. The van der Waals surface area contributed by atoms with Crippen LogP contribution in [0.25, 0.3) is 0 Å². The molecule has 0 aliphatic rings. The van der Waals surface area contributed by atoms with Crippen molar-refractivity contribution in [3.05, 3.63) is 39.9 Å². The van der Waals surface area contributed by atoms with Gasteiger partial charge < -0.3 is 5.32 Å². The van der Waals surface area contributed by atoms with E-state index in [2.05, 4.69) is 27.2 Å². The van der Waals surface area contributed by atoms with Crippen molar-refractivity contribution < 1.29 is 0 Å². The molecule has 0 aliphatic carbocycles. The topological polar surface area (TPSA) is 50.7 Å². The molecule has 1 unspecified atom stereocenters. The van der Waals surface area contributed by atoms with E-state index >= 15 is 0 Å². The number of nitrogens with one attached hydrogen (secondary N) is 1. The Morgan fingerprint density at radius 1 is 1.24 bits per heavy atom. The zero-order valence-corrected chi connectivity index (χ0v) is 11.1. The van der Waals surface area contributed by atoms with Gasteiger partial charge in [0.15, 0.2) is 0 Å². The molecule has 1 N–H and O–H groups in total. The van der Waals surface area contributed by atoms with Crippen molar-refractivity contribution >= 4 is 11.3 Å². The minimum absolute atomic E-state index is 0.200. The maximum absolute atomic E-state index is 4.36. The summed E-state index contributed by atoms with van der Waals surface area (Å²) in [5, 5.41) is 4.54. The number of hydrogen-bond donors (Lipinski definition) is 1. The number of aryl methyl sites for hydroxylation is 2. The van der Waals surface area contributed by atoms with Crippen LogP contribution in [0.15, 0.2) is 18.6 Å². The predicted octanol–water partition coefficient (Wildman–Crippen LogP) is 2.40. The lowest BCUT2D eigenvalue weighted by molar-refractivity contribution is 0.559. The summed E-state index contributed by atoms with van der Waals surface area (Å²) in [6.45, 7) is 6.93. The quantitative estimate of drug-likeness (QED) is 0.902. The van der Waals surface area contributed by atoms with Crippen LogP contribution in [0.4, 0.5) is 0 Å². The van der Waals surface area contributed by atoms with Gasteiger partial charge in [0, 0.05) is 36.1 Å². The van der Waals surface area contributed by atoms with Gasteiger partial charge >= 0.3 is 0 Å². The Labute approximate surface area is 105 Å². The van der Waals surface area contributed by atoms with E-state index in [1.807, 2.05) is 20.0 Å². The first kappa shape index (κ1) is 12.1. The van der Waals surface area contributed by atoms with Crippen molar-refractivity contribution in [3.63, 3.8) is 0 Å². The molecule has 2 aromatic heterocycles. The highest BCUT2D eigenvalue weighted by Crippen LogP contribution is 2.15. The molecule has 17 heavy (non-hydrogen) atoms. The number of aromatic nitrogens is 3. The molecule has 90 valence electrons. The fraction of sp³-hybridized carbons (Fsp3) is 0.417. The van der Waals surface area contributed by atoms with Gasteiger partial charge in [-0.05, 0) is 20.8 Å². The summed E-state index contributed by atoms with van der Waals surface area (Å²) in [4.78, 5) is 14.1. The van der Waals surface area contributed by atoms with Gasteiger partial charge in [0.05, 0.1) is 16.4 Å². The van der Waals surface area contributed by atoms with E-state index in [1.54, 1.807) is 23.7 Å².